The van der Waals surface area contributed by atoms with Crippen LogP contribution in [-0.4, -0.2) is 22.3 Å². The van der Waals surface area contributed by atoms with E-state index in [2.05, 4.69) is 4.98 Å². The number of carboxylic acid groups (broad SMARTS) is 1. The summed E-state index contributed by atoms with van der Waals surface area (Å²) >= 11 is 1.61. The van der Waals surface area contributed by atoms with Gasteiger partial charge in [-0.05, 0) is 30.5 Å². The van der Waals surface area contributed by atoms with Gasteiger partial charge in [-0.25, -0.2) is 4.79 Å². The molecule has 1 aromatic heterocycles. The van der Waals surface area contributed by atoms with Gasteiger partial charge in [-0.15, -0.1) is 11.8 Å². The van der Waals surface area contributed by atoms with Crippen molar-refractivity contribution in [1.29, 1.82) is 0 Å². The number of para-hydroxylation sites is 1. The molecule has 2 aromatic rings. The molecule has 0 aliphatic carbocycles. The number of carboxylic acids is 1. The van der Waals surface area contributed by atoms with Gasteiger partial charge in [-0.1, -0.05) is 12.1 Å². The van der Waals surface area contributed by atoms with Crippen molar-refractivity contribution in [3.05, 3.63) is 53.9 Å². The van der Waals surface area contributed by atoms with Crippen molar-refractivity contribution in [2.75, 3.05) is 6.26 Å². The highest BCUT2D eigenvalue weighted by molar-refractivity contribution is 7.98. The van der Waals surface area contributed by atoms with Crippen LogP contribution >= 0.6 is 11.8 Å². The zero-order valence-electron chi connectivity index (χ0n) is 10.4. The largest absolute Gasteiger partial charge is 0.486 e. The van der Waals surface area contributed by atoms with E-state index >= 15 is 0 Å². The van der Waals surface area contributed by atoms with Gasteiger partial charge in [-0.3, -0.25) is 4.98 Å². The molecule has 98 valence electrons. The van der Waals surface area contributed by atoms with Crippen LogP contribution in [0, 0.1) is 0 Å². The summed E-state index contributed by atoms with van der Waals surface area (Å²) < 4.78 is 5.68. The third-order valence-corrected chi connectivity index (χ3v) is 3.29. The summed E-state index contributed by atoms with van der Waals surface area (Å²) in [5, 5.41) is 8.78. The summed E-state index contributed by atoms with van der Waals surface area (Å²) in [5.74, 6) is -0.174. The number of nitrogens with zero attached hydrogens (tertiary/aromatic N) is 1. The average molecular weight is 275 g/mol. The fourth-order valence-corrected chi connectivity index (χ4v) is 2.07. The maximum atomic E-state index is 10.7. The molecule has 0 atom stereocenters. The number of aromatic carboxylic acids is 1. The number of aromatic nitrogens is 1. The maximum absolute atomic E-state index is 10.7. The Hall–Kier alpha value is -2.01. The van der Waals surface area contributed by atoms with Crippen molar-refractivity contribution in [2.45, 2.75) is 11.5 Å². The number of pyridine rings is 1. The topological polar surface area (TPSA) is 59.4 Å². The van der Waals surface area contributed by atoms with E-state index in [1.54, 1.807) is 17.8 Å². The second-order valence-electron chi connectivity index (χ2n) is 3.78. The Morgan fingerprint density at radius 3 is 2.74 bits per heavy atom. The minimum Gasteiger partial charge on any atom is -0.486 e. The van der Waals surface area contributed by atoms with Crippen LogP contribution in [-0.2, 0) is 6.61 Å². The van der Waals surface area contributed by atoms with Gasteiger partial charge in [0.05, 0.1) is 11.3 Å². The Kier molecular flexibility index (Phi) is 4.41. The summed E-state index contributed by atoms with van der Waals surface area (Å²) in [4.78, 5) is 15.8. The molecule has 0 fully saturated rings. The molecule has 1 aromatic carbocycles. The lowest BCUT2D eigenvalue weighted by Crippen LogP contribution is -2.02. The van der Waals surface area contributed by atoms with Gasteiger partial charge in [0.2, 0.25) is 0 Å². The lowest BCUT2D eigenvalue weighted by Gasteiger charge is -2.09. The van der Waals surface area contributed by atoms with E-state index in [0.717, 1.165) is 10.6 Å². The van der Waals surface area contributed by atoms with Crippen LogP contribution in [0.15, 0.2) is 47.5 Å². The molecule has 0 aliphatic heterocycles. The zero-order valence-corrected chi connectivity index (χ0v) is 11.2. The van der Waals surface area contributed by atoms with Crippen molar-refractivity contribution in [3.8, 4) is 5.75 Å². The smallest absolute Gasteiger partial charge is 0.337 e. The molecule has 5 heteroatoms. The number of thioether (sulfide) groups is 1. The van der Waals surface area contributed by atoms with Gasteiger partial charge in [-0.2, -0.15) is 0 Å². The lowest BCUT2D eigenvalue weighted by molar-refractivity contribution is 0.0696. The second-order valence-corrected chi connectivity index (χ2v) is 4.63. The quantitative estimate of drug-likeness (QED) is 0.850. The number of hydrogen-bond acceptors (Lipinski definition) is 4. The first kappa shape index (κ1) is 13.4. The van der Waals surface area contributed by atoms with Crippen LogP contribution in [0.2, 0.25) is 0 Å². The Labute approximate surface area is 115 Å². The van der Waals surface area contributed by atoms with E-state index in [0.29, 0.717) is 12.3 Å². The molecule has 0 saturated carbocycles. The van der Waals surface area contributed by atoms with E-state index in [1.165, 1.54) is 12.3 Å². The van der Waals surface area contributed by atoms with E-state index in [4.69, 9.17) is 9.84 Å². The molecule has 0 radical (unpaired) electrons. The standard InChI is InChI=1S/C14H13NO3S/c1-19-13-5-3-2-4-12(13)18-9-11-7-6-10(8-15-11)14(16)17/h2-8H,9H2,1H3,(H,16,17). The Balaban J connectivity index is 2.04. The molecule has 0 aliphatic rings. The van der Waals surface area contributed by atoms with Gasteiger partial charge >= 0.3 is 5.97 Å². The van der Waals surface area contributed by atoms with Gasteiger partial charge in [0.25, 0.3) is 0 Å². The summed E-state index contributed by atoms with van der Waals surface area (Å²) in [6.45, 7) is 0.317. The number of ether oxygens (including phenoxy) is 1. The van der Waals surface area contributed by atoms with Crippen LogP contribution < -0.4 is 4.74 Å². The van der Waals surface area contributed by atoms with E-state index in [-0.39, 0.29) is 5.56 Å². The van der Waals surface area contributed by atoms with E-state index < -0.39 is 5.97 Å². The monoisotopic (exact) mass is 275 g/mol. The molecular weight excluding hydrogens is 262 g/mol. The number of carbonyl (C=O) groups is 1. The SMILES string of the molecule is CSc1ccccc1OCc1ccc(C(=O)O)cn1. The van der Waals surface area contributed by atoms with E-state index in [1.807, 2.05) is 30.5 Å². The highest BCUT2D eigenvalue weighted by Crippen LogP contribution is 2.27. The number of rotatable bonds is 5. The van der Waals surface area contributed by atoms with Gasteiger partial charge in [0, 0.05) is 11.1 Å². The van der Waals surface area contributed by atoms with Crippen molar-refractivity contribution in [2.24, 2.45) is 0 Å². The highest BCUT2D eigenvalue weighted by Gasteiger charge is 2.05. The molecule has 4 nitrogen and oxygen atoms in total. The molecule has 0 bridgehead atoms. The first-order valence-electron chi connectivity index (χ1n) is 5.64. The van der Waals surface area contributed by atoms with Crippen LogP contribution in [0.4, 0.5) is 0 Å². The summed E-state index contributed by atoms with van der Waals surface area (Å²) in [6.07, 6.45) is 3.32. The lowest BCUT2D eigenvalue weighted by atomic mass is 10.2. The highest BCUT2D eigenvalue weighted by atomic mass is 32.2. The third kappa shape index (κ3) is 3.48. The molecule has 0 spiro atoms. The Bertz CT molecular complexity index is 569. The van der Waals surface area contributed by atoms with Crippen molar-refractivity contribution >= 4 is 17.7 Å². The first-order valence-corrected chi connectivity index (χ1v) is 6.87. The summed E-state index contributed by atoms with van der Waals surface area (Å²) in [5.41, 5.74) is 0.870. The number of hydrogen-bond donors (Lipinski definition) is 1. The molecule has 0 unspecified atom stereocenters. The van der Waals surface area contributed by atoms with Crippen molar-refractivity contribution in [3.63, 3.8) is 0 Å². The minimum absolute atomic E-state index is 0.174. The molecule has 0 saturated heterocycles. The fourth-order valence-electron chi connectivity index (χ4n) is 1.53. The zero-order chi connectivity index (χ0) is 13.7. The predicted molar refractivity (Wildman–Crippen MR) is 73.8 cm³/mol. The molecule has 2 rings (SSSR count). The third-order valence-electron chi connectivity index (χ3n) is 2.52. The van der Waals surface area contributed by atoms with Crippen LogP contribution in [0.3, 0.4) is 0 Å². The van der Waals surface area contributed by atoms with Gasteiger partial charge in [0.15, 0.2) is 0 Å². The van der Waals surface area contributed by atoms with Crippen LogP contribution in [0.25, 0.3) is 0 Å². The molecular formula is C14H13NO3S. The fraction of sp³-hybridized carbons (Fsp3) is 0.143. The normalized spacial score (nSPS) is 10.2. The van der Waals surface area contributed by atoms with Crippen LogP contribution in [0.1, 0.15) is 16.1 Å². The minimum atomic E-state index is -0.979. The summed E-state index contributed by atoms with van der Waals surface area (Å²) in [6, 6.07) is 10.9. The molecule has 1 heterocycles. The van der Waals surface area contributed by atoms with Crippen molar-refractivity contribution < 1.29 is 14.6 Å². The predicted octanol–water partition coefficient (Wildman–Crippen LogP) is 3.08. The Morgan fingerprint density at radius 1 is 1.32 bits per heavy atom. The van der Waals surface area contributed by atoms with E-state index in [9.17, 15) is 4.79 Å². The molecule has 1 N–H and O–H groups in total. The van der Waals surface area contributed by atoms with Crippen molar-refractivity contribution in [1.82, 2.24) is 4.98 Å². The summed E-state index contributed by atoms with van der Waals surface area (Å²) in [7, 11) is 0. The maximum Gasteiger partial charge on any atom is 0.337 e. The second kappa shape index (κ2) is 6.24. The van der Waals surface area contributed by atoms with Crippen LogP contribution in [0.5, 0.6) is 5.75 Å². The molecule has 0 amide bonds. The van der Waals surface area contributed by atoms with Gasteiger partial charge in [0.1, 0.15) is 12.4 Å². The number of benzene rings is 1. The Morgan fingerprint density at radius 2 is 2.11 bits per heavy atom. The van der Waals surface area contributed by atoms with Gasteiger partial charge < -0.3 is 9.84 Å². The first-order chi connectivity index (χ1) is 9.20. The molecule has 19 heavy (non-hydrogen) atoms. The average Bonchev–Trinajstić information content (AvgIpc) is 2.45.